The van der Waals surface area contributed by atoms with Crippen molar-refractivity contribution in [1.29, 1.82) is 0 Å². The number of nitrogens with zero attached hydrogens (tertiary/aromatic N) is 2. The summed E-state index contributed by atoms with van der Waals surface area (Å²) in [5.41, 5.74) is 3.03. The summed E-state index contributed by atoms with van der Waals surface area (Å²) in [6.07, 6.45) is 1.58. The molecule has 18 heavy (non-hydrogen) atoms. The maximum atomic E-state index is 11.3. The molecular weight excluding hydrogens is 228 g/mol. The summed E-state index contributed by atoms with van der Waals surface area (Å²) in [5.74, 6) is -0.264. The van der Waals surface area contributed by atoms with Crippen LogP contribution in [0.1, 0.15) is 23.0 Å². The Bertz CT molecular complexity index is 621. The standard InChI is InChI=1S/C14H12N2O2/c1-9-4-3-5-11(6-9)12-7-13(16-18)14(10(2)17)15-8-12/h3-8H,1-2H3. The van der Waals surface area contributed by atoms with Gasteiger partial charge in [-0.05, 0) is 23.7 Å². The summed E-state index contributed by atoms with van der Waals surface area (Å²) in [5, 5.41) is 2.87. The Morgan fingerprint density at radius 3 is 2.61 bits per heavy atom. The predicted molar refractivity (Wildman–Crippen MR) is 69.9 cm³/mol. The lowest BCUT2D eigenvalue weighted by Crippen LogP contribution is -1.97. The average Bonchev–Trinajstić information content (AvgIpc) is 2.37. The zero-order valence-electron chi connectivity index (χ0n) is 10.2. The number of benzene rings is 1. The van der Waals surface area contributed by atoms with E-state index in [1.165, 1.54) is 6.92 Å². The number of hydrogen-bond donors (Lipinski definition) is 0. The fraction of sp³-hybridized carbons (Fsp3) is 0.143. The normalized spacial score (nSPS) is 10.1. The maximum absolute atomic E-state index is 11.3. The van der Waals surface area contributed by atoms with E-state index in [1.807, 2.05) is 31.2 Å². The number of nitroso groups, excluding NO2 is 1. The zero-order chi connectivity index (χ0) is 13.1. The van der Waals surface area contributed by atoms with Crippen LogP contribution in [0, 0.1) is 11.8 Å². The molecule has 1 heterocycles. The van der Waals surface area contributed by atoms with Crippen LogP contribution in [0.5, 0.6) is 0 Å². The topological polar surface area (TPSA) is 59.4 Å². The van der Waals surface area contributed by atoms with Gasteiger partial charge in [0.25, 0.3) is 0 Å². The molecule has 0 radical (unpaired) electrons. The molecule has 0 aliphatic carbocycles. The van der Waals surface area contributed by atoms with Gasteiger partial charge in [-0.1, -0.05) is 29.8 Å². The number of rotatable bonds is 3. The number of carbonyl (C=O) groups is 1. The van der Waals surface area contributed by atoms with Crippen molar-refractivity contribution in [3.05, 3.63) is 52.7 Å². The van der Waals surface area contributed by atoms with E-state index in [0.717, 1.165) is 16.7 Å². The van der Waals surface area contributed by atoms with E-state index in [2.05, 4.69) is 10.2 Å². The Morgan fingerprint density at radius 1 is 1.22 bits per heavy atom. The first kappa shape index (κ1) is 12.1. The van der Waals surface area contributed by atoms with Crippen molar-refractivity contribution in [2.24, 2.45) is 5.18 Å². The molecule has 0 spiro atoms. The molecule has 0 saturated carbocycles. The molecule has 0 saturated heterocycles. The van der Waals surface area contributed by atoms with Crippen molar-refractivity contribution in [1.82, 2.24) is 4.98 Å². The van der Waals surface area contributed by atoms with Crippen LogP contribution in [0.15, 0.2) is 41.7 Å². The lowest BCUT2D eigenvalue weighted by atomic mass is 10.0. The lowest BCUT2D eigenvalue weighted by Gasteiger charge is -2.05. The Kier molecular flexibility index (Phi) is 3.28. The second kappa shape index (κ2) is 4.87. The van der Waals surface area contributed by atoms with Gasteiger partial charge in [0.05, 0.1) is 0 Å². The highest BCUT2D eigenvalue weighted by Gasteiger charge is 2.11. The summed E-state index contributed by atoms with van der Waals surface area (Å²) in [4.78, 5) is 26.0. The first-order valence-corrected chi connectivity index (χ1v) is 5.53. The third-order valence-electron chi connectivity index (χ3n) is 2.65. The molecule has 0 unspecified atom stereocenters. The Morgan fingerprint density at radius 2 is 2.00 bits per heavy atom. The van der Waals surface area contributed by atoms with Gasteiger partial charge < -0.3 is 0 Å². The number of pyridine rings is 1. The van der Waals surface area contributed by atoms with Crippen LogP contribution >= 0.6 is 0 Å². The second-order valence-corrected chi connectivity index (χ2v) is 4.11. The van der Waals surface area contributed by atoms with Crippen molar-refractivity contribution in [2.45, 2.75) is 13.8 Å². The zero-order valence-corrected chi connectivity index (χ0v) is 10.2. The van der Waals surface area contributed by atoms with E-state index in [4.69, 9.17) is 0 Å². The van der Waals surface area contributed by atoms with Crippen molar-refractivity contribution in [2.75, 3.05) is 0 Å². The first-order valence-electron chi connectivity index (χ1n) is 5.53. The van der Waals surface area contributed by atoms with Crippen molar-refractivity contribution in [3.8, 4) is 11.1 Å². The fourth-order valence-corrected chi connectivity index (χ4v) is 1.78. The fourth-order valence-electron chi connectivity index (χ4n) is 1.78. The number of aryl methyl sites for hydroxylation is 1. The van der Waals surface area contributed by atoms with Gasteiger partial charge in [-0.3, -0.25) is 9.78 Å². The minimum atomic E-state index is -0.264. The molecule has 0 fully saturated rings. The Hall–Kier alpha value is -2.36. The van der Waals surface area contributed by atoms with Crippen LogP contribution in [0.2, 0.25) is 0 Å². The number of ketones is 1. The summed E-state index contributed by atoms with van der Waals surface area (Å²) in [6, 6.07) is 9.41. The molecule has 0 aliphatic heterocycles. The van der Waals surface area contributed by atoms with E-state index in [9.17, 15) is 9.70 Å². The average molecular weight is 240 g/mol. The summed E-state index contributed by atoms with van der Waals surface area (Å²) >= 11 is 0. The molecular formula is C14H12N2O2. The van der Waals surface area contributed by atoms with Gasteiger partial charge in [-0.15, -0.1) is 4.91 Å². The van der Waals surface area contributed by atoms with E-state index in [1.54, 1.807) is 12.3 Å². The van der Waals surface area contributed by atoms with Crippen LogP contribution < -0.4 is 0 Å². The van der Waals surface area contributed by atoms with Gasteiger partial charge >= 0.3 is 0 Å². The number of carbonyl (C=O) groups excluding carboxylic acids is 1. The largest absolute Gasteiger partial charge is 0.293 e. The molecule has 4 nitrogen and oxygen atoms in total. The molecule has 0 bridgehead atoms. The Balaban J connectivity index is 2.54. The summed E-state index contributed by atoms with van der Waals surface area (Å²) < 4.78 is 0. The summed E-state index contributed by atoms with van der Waals surface area (Å²) in [7, 11) is 0. The SMILES string of the molecule is CC(=O)c1ncc(-c2cccc(C)c2)cc1N=O. The van der Waals surface area contributed by atoms with Crippen LogP contribution in [0.4, 0.5) is 5.69 Å². The maximum Gasteiger partial charge on any atom is 0.180 e. The van der Waals surface area contributed by atoms with Crippen LogP contribution in [-0.2, 0) is 0 Å². The highest BCUT2D eigenvalue weighted by atomic mass is 16.3. The minimum Gasteiger partial charge on any atom is -0.293 e. The molecule has 0 N–H and O–H groups in total. The smallest absolute Gasteiger partial charge is 0.180 e. The van der Waals surface area contributed by atoms with Gasteiger partial charge in [0.1, 0.15) is 11.4 Å². The van der Waals surface area contributed by atoms with E-state index < -0.39 is 0 Å². The van der Waals surface area contributed by atoms with Gasteiger partial charge in [-0.25, -0.2) is 0 Å². The van der Waals surface area contributed by atoms with E-state index in [0.29, 0.717) is 0 Å². The highest BCUT2D eigenvalue weighted by molar-refractivity contribution is 5.97. The minimum absolute atomic E-state index is 0.0847. The van der Waals surface area contributed by atoms with Gasteiger partial charge in [0, 0.05) is 18.7 Å². The van der Waals surface area contributed by atoms with Crippen LogP contribution in [0.25, 0.3) is 11.1 Å². The monoisotopic (exact) mass is 240 g/mol. The first-order chi connectivity index (χ1) is 8.61. The molecule has 0 amide bonds. The van der Waals surface area contributed by atoms with Crippen LogP contribution in [-0.4, -0.2) is 10.8 Å². The highest BCUT2D eigenvalue weighted by Crippen LogP contribution is 2.26. The van der Waals surface area contributed by atoms with Crippen molar-refractivity contribution < 1.29 is 4.79 Å². The van der Waals surface area contributed by atoms with Gasteiger partial charge in [0.2, 0.25) is 0 Å². The predicted octanol–water partition coefficient (Wildman–Crippen LogP) is 3.66. The molecule has 4 heteroatoms. The Labute approximate surface area is 105 Å². The van der Waals surface area contributed by atoms with E-state index >= 15 is 0 Å². The molecule has 1 aromatic carbocycles. The number of aromatic nitrogens is 1. The molecule has 0 atom stereocenters. The molecule has 2 rings (SSSR count). The van der Waals surface area contributed by atoms with Crippen molar-refractivity contribution in [3.63, 3.8) is 0 Å². The van der Waals surface area contributed by atoms with Gasteiger partial charge in [0.15, 0.2) is 5.78 Å². The van der Waals surface area contributed by atoms with Crippen molar-refractivity contribution >= 4 is 11.5 Å². The number of Topliss-reactive ketones (excluding diaryl/α,β-unsaturated/α-hetero) is 1. The van der Waals surface area contributed by atoms with Crippen LogP contribution in [0.3, 0.4) is 0 Å². The second-order valence-electron chi connectivity index (χ2n) is 4.11. The third kappa shape index (κ3) is 2.32. The quantitative estimate of drug-likeness (QED) is 0.607. The molecule has 0 aliphatic rings. The molecule has 1 aromatic heterocycles. The summed E-state index contributed by atoms with van der Waals surface area (Å²) in [6.45, 7) is 3.35. The molecule has 90 valence electrons. The molecule has 2 aromatic rings. The third-order valence-corrected chi connectivity index (χ3v) is 2.65. The number of hydrogen-bond acceptors (Lipinski definition) is 4. The lowest BCUT2D eigenvalue weighted by molar-refractivity contribution is 0.101. The van der Waals surface area contributed by atoms with E-state index in [-0.39, 0.29) is 17.2 Å². The van der Waals surface area contributed by atoms with Gasteiger partial charge in [-0.2, -0.15) is 0 Å².